The van der Waals surface area contributed by atoms with Gasteiger partial charge in [0, 0.05) is 5.69 Å². The second-order valence-corrected chi connectivity index (χ2v) is 3.00. The molecular weight excluding hydrogens is 180 g/mol. The molecule has 2 aromatic rings. The van der Waals surface area contributed by atoms with Crippen molar-refractivity contribution in [1.82, 2.24) is 4.98 Å². The minimum atomic E-state index is -0.194. The molecule has 1 aromatic carbocycles. The van der Waals surface area contributed by atoms with Crippen LogP contribution in [0.15, 0.2) is 34.9 Å². The lowest BCUT2D eigenvalue weighted by Gasteiger charge is -2.01. The number of oxazole rings is 1. The second-order valence-electron chi connectivity index (χ2n) is 3.00. The summed E-state index contributed by atoms with van der Waals surface area (Å²) in [6, 6.07) is 8.07. The lowest BCUT2D eigenvalue weighted by Crippen LogP contribution is -1.89. The summed E-state index contributed by atoms with van der Waals surface area (Å²) in [4.78, 5) is 3.81. The number of nitrogens with one attached hydrogen (secondary N) is 1. The first-order valence-electron chi connectivity index (χ1n) is 4.22. The van der Waals surface area contributed by atoms with Crippen LogP contribution >= 0.6 is 0 Å². The molecule has 0 spiro atoms. The van der Waals surface area contributed by atoms with Crippen LogP contribution in [0.25, 0.3) is 0 Å². The van der Waals surface area contributed by atoms with E-state index in [1.807, 2.05) is 31.2 Å². The SMILES string of the molecule is Cc1cccc(Nc2ncc(O)o2)c1. The Morgan fingerprint density at radius 3 is 2.93 bits per heavy atom. The summed E-state index contributed by atoms with van der Waals surface area (Å²) in [5.41, 5.74) is 2.03. The van der Waals surface area contributed by atoms with Gasteiger partial charge in [-0.3, -0.25) is 0 Å². The third kappa shape index (κ3) is 1.85. The molecule has 0 fully saturated rings. The van der Waals surface area contributed by atoms with Crippen molar-refractivity contribution in [3.8, 4) is 5.95 Å². The van der Waals surface area contributed by atoms with E-state index in [2.05, 4.69) is 10.3 Å². The van der Waals surface area contributed by atoms with E-state index < -0.39 is 0 Å². The van der Waals surface area contributed by atoms with Crippen LogP contribution in [-0.2, 0) is 0 Å². The molecule has 2 N–H and O–H groups in total. The number of aryl methyl sites for hydroxylation is 1. The van der Waals surface area contributed by atoms with E-state index in [9.17, 15) is 0 Å². The number of anilines is 2. The first kappa shape index (κ1) is 8.62. The summed E-state index contributed by atoms with van der Waals surface area (Å²) < 4.78 is 4.86. The first-order chi connectivity index (χ1) is 6.74. The summed E-state index contributed by atoms with van der Waals surface area (Å²) in [7, 11) is 0. The third-order valence-electron chi connectivity index (χ3n) is 1.76. The summed E-state index contributed by atoms with van der Waals surface area (Å²) in [5, 5.41) is 11.8. The quantitative estimate of drug-likeness (QED) is 0.763. The highest BCUT2D eigenvalue weighted by atomic mass is 16.5. The van der Waals surface area contributed by atoms with Gasteiger partial charge >= 0.3 is 12.0 Å². The predicted octanol–water partition coefficient (Wildman–Crippen LogP) is 2.43. The number of aromatic nitrogens is 1. The molecule has 72 valence electrons. The monoisotopic (exact) mass is 190 g/mol. The van der Waals surface area contributed by atoms with Gasteiger partial charge in [0.1, 0.15) is 6.20 Å². The van der Waals surface area contributed by atoms with E-state index >= 15 is 0 Å². The van der Waals surface area contributed by atoms with Gasteiger partial charge in [-0.15, -0.1) is 0 Å². The van der Waals surface area contributed by atoms with Crippen LogP contribution in [0, 0.1) is 6.92 Å². The van der Waals surface area contributed by atoms with Gasteiger partial charge in [0.2, 0.25) is 0 Å². The Labute approximate surface area is 81.2 Å². The molecule has 14 heavy (non-hydrogen) atoms. The normalized spacial score (nSPS) is 10.1. The highest BCUT2D eigenvalue weighted by Gasteiger charge is 2.01. The number of rotatable bonds is 2. The van der Waals surface area contributed by atoms with Gasteiger partial charge < -0.3 is 14.8 Å². The van der Waals surface area contributed by atoms with Crippen LogP contribution in [0.5, 0.6) is 5.95 Å². The van der Waals surface area contributed by atoms with E-state index in [4.69, 9.17) is 9.52 Å². The van der Waals surface area contributed by atoms with Crippen molar-refractivity contribution in [2.75, 3.05) is 5.32 Å². The molecule has 0 amide bonds. The van der Waals surface area contributed by atoms with Crippen LogP contribution in [0.3, 0.4) is 0 Å². The highest BCUT2D eigenvalue weighted by Crippen LogP contribution is 2.19. The molecule has 4 heteroatoms. The Hall–Kier alpha value is -1.97. The maximum Gasteiger partial charge on any atom is 0.304 e. The Bertz CT molecular complexity index is 437. The van der Waals surface area contributed by atoms with Crippen molar-refractivity contribution in [2.45, 2.75) is 6.92 Å². The minimum absolute atomic E-state index is 0.194. The number of nitrogens with zero attached hydrogens (tertiary/aromatic N) is 1. The molecule has 0 aliphatic rings. The maximum atomic E-state index is 8.92. The summed E-state index contributed by atoms with van der Waals surface area (Å²) in [6.07, 6.45) is 1.25. The van der Waals surface area contributed by atoms with Crippen molar-refractivity contribution in [1.29, 1.82) is 0 Å². The average Bonchev–Trinajstić information content (AvgIpc) is 2.51. The Balaban J connectivity index is 2.18. The molecule has 1 aromatic heterocycles. The molecule has 0 unspecified atom stereocenters. The van der Waals surface area contributed by atoms with E-state index in [0.717, 1.165) is 11.3 Å². The van der Waals surface area contributed by atoms with Crippen molar-refractivity contribution in [3.63, 3.8) is 0 Å². The molecule has 0 aliphatic carbocycles. The van der Waals surface area contributed by atoms with E-state index in [1.54, 1.807) is 0 Å². The molecule has 0 saturated heterocycles. The predicted molar refractivity (Wildman–Crippen MR) is 52.6 cm³/mol. The molecule has 0 radical (unpaired) electrons. The minimum Gasteiger partial charge on any atom is -0.480 e. The third-order valence-corrected chi connectivity index (χ3v) is 1.76. The zero-order valence-corrected chi connectivity index (χ0v) is 7.69. The zero-order chi connectivity index (χ0) is 9.97. The fourth-order valence-electron chi connectivity index (χ4n) is 1.17. The standard InChI is InChI=1S/C10H10N2O2/c1-7-3-2-4-8(5-7)12-10-11-6-9(13)14-10/h2-6,13H,1H3,(H,11,12). The second kappa shape index (κ2) is 3.41. The van der Waals surface area contributed by atoms with Crippen molar-refractivity contribution in [2.24, 2.45) is 0 Å². The zero-order valence-electron chi connectivity index (χ0n) is 7.69. The number of hydrogen-bond acceptors (Lipinski definition) is 4. The van der Waals surface area contributed by atoms with Gasteiger partial charge in [0.15, 0.2) is 0 Å². The Morgan fingerprint density at radius 2 is 2.29 bits per heavy atom. The van der Waals surface area contributed by atoms with Crippen LogP contribution in [0.2, 0.25) is 0 Å². The van der Waals surface area contributed by atoms with E-state index in [0.29, 0.717) is 0 Å². The molecule has 1 heterocycles. The fraction of sp³-hybridized carbons (Fsp3) is 0.100. The number of benzene rings is 1. The largest absolute Gasteiger partial charge is 0.480 e. The topological polar surface area (TPSA) is 58.3 Å². The van der Waals surface area contributed by atoms with Crippen molar-refractivity contribution >= 4 is 11.7 Å². The lowest BCUT2D eigenvalue weighted by atomic mass is 10.2. The summed E-state index contributed by atoms with van der Waals surface area (Å²) in [5.74, 6) is -0.194. The van der Waals surface area contributed by atoms with Crippen molar-refractivity contribution in [3.05, 3.63) is 36.0 Å². The summed E-state index contributed by atoms with van der Waals surface area (Å²) in [6.45, 7) is 2.00. The van der Waals surface area contributed by atoms with Crippen LogP contribution in [0.4, 0.5) is 11.7 Å². The van der Waals surface area contributed by atoms with Crippen LogP contribution < -0.4 is 5.32 Å². The summed E-state index contributed by atoms with van der Waals surface area (Å²) >= 11 is 0. The number of hydrogen-bond donors (Lipinski definition) is 2. The van der Waals surface area contributed by atoms with Gasteiger partial charge in [0.25, 0.3) is 0 Å². The molecule has 4 nitrogen and oxygen atoms in total. The van der Waals surface area contributed by atoms with Crippen molar-refractivity contribution < 1.29 is 9.52 Å². The van der Waals surface area contributed by atoms with Gasteiger partial charge in [-0.2, -0.15) is 4.98 Å². The van der Waals surface area contributed by atoms with Gasteiger partial charge in [-0.25, -0.2) is 0 Å². The molecular formula is C10H10N2O2. The Morgan fingerprint density at radius 1 is 1.43 bits per heavy atom. The molecule has 0 saturated carbocycles. The molecule has 0 aliphatic heterocycles. The molecule has 0 bridgehead atoms. The highest BCUT2D eigenvalue weighted by molar-refractivity contribution is 5.53. The van der Waals surface area contributed by atoms with Crippen LogP contribution in [-0.4, -0.2) is 10.1 Å². The first-order valence-corrected chi connectivity index (χ1v) is 4.22. The lowest BCUT2D eigenvalue weighted by molar-refractivity contribution is 0.339. The van der Waals surface area contributed by atoms with Crippen LogP contribution in [0.1, 0.15) is 5.56 Å². The molecule has 2 rings (SSSR count). The maximum absolute atomic E-state index is 8.92. The fourth-order valence-corrected chi connectivity index (χ4v) is 1.17. The van der Waals surface area contributed by atoms with E-state index in [-0.39, 0.29) is 12.0 Å². The van der Waals surface area contributed by atoms with Gasteiger partial charge in [-0.05, 0) is 24.6 Å². The van der Waals surface area contributed by atoms with Gasteiger partial charge in [-0.1, -0.05) is 12.1 Å². The Kier molecular flexibility index (Phi) is 2.10. The van der Waals surface area contributed by atoms with E-state index in [1.165, 1.54) is 6.20 Å². The van der Waals surface area contributed by atoms with Gasteiger partial charge in [0.05, 0.1) is 0 Å². The average molecular weight is 190 g/mol. The smallest absolute Gasteiger partial charge is 0.304 e. The molecule has 0 atom stereocenters. The number of aromatic hydroxyl groups is 1.